The highest BCUT2D eigenvalue weighted by Gasteiger charge is 2.19. The van der Waals surface area contributed by atoms with Crippen LogP contribution in [0, 0.1) is 0 Å². The largest absolute Gasteiger partial charge is 0.462 e. The summed E-state index contributed by atoms with van der Waals surface area (Å²) in [6.07, 6.45) is 4.05. The van der Waals surface area contributed by atoms with Crippen molar-refractivity contribution in [2.24, 2.45) is 0 Å². The predicted molar refractivity (Wildman–Crippen MR) is 123 cm³/mol. The summed E-state index contributed by atoms with van der Waals surface area (Å²) in [6.45, 7) is 2.53. The highest BCUT2D eigenvalue weighted by Crippen LogP contribution is 2.22. The van der Waals surface area contributed by atoms with Crippen LogP contribution in [-0.4, -0.2) is 18.5 Å². The number of esters is 2. The molecule has 0 saturated carbocycles. The number of carbonyl (C=O) groups is 2. The molecule has 0 N–H and O–H groups in total. The molecule has 0 bridgehead atoms. The topological polar surface area (TPSA) is 61.8 Å². The first-order chi connectivity index (χ1) is 15.7. The van der Waals surface area contributed by atoms with Crippen LogP contribution in [0.25, 0.3) is 0 Å². The van der Waals surface area contributed by atoms with E-state index in [2.05, 4.69) is 6.92 Å². The van der Waals surface area contributed by atoms with Gasteiger partial charge in [0.1, 0.15) is 18.1 Å². The minimum absolute atomic E-state index is 0.0607. The molecule has 0 amide bonds. The van der Waals surface area contributed by atoms with Crippen molar-refractivity contribution in [3.05, 3.63) is 95.6 Å². The maximum absolute atomic E-state index is 12.7. The summed E-state index contributed by atoms with van der Waals surface area (Å²) in [7, 11) is 0. The molecule has 0 radical (unpaired) electrons. The Hall–Kier alpha value is -3.60. The Balaban J connectivity index is 1.58. The lowest BCUT2D eigenvalue weighted by Gasteiger charge is -2.11. The zero-order valence-electron chi connectivity index (χ0n) is 18.3. The second-order valence-corrected chi connectivity index (χ2v) is 7.38. The smallest absolute Gasteiger partial charge is 0.339 e. The van der Waals surface area contributed by atoms with Crippen molar-refractivity contribution >= 4 is 11.9 Å². The lowest BCUT2D eigenvalue weighted by molar-refractivity contribution is 0.0436. The van der Waals surface area contributed by atoms with Gasteiger partial charge in [-0.3, -0.25) is 0 Å². The van der Waals surface area contributed by atoms with Gasteiger partial charge >= 0.3 is 11.9 Å². The molecule has 32 heavy (non-hydrogen) atoms. The van der Waals surface area contributed by atoms with E-state index in [4.69, 9.17) is 14.2 Å². The maximum Gasteiger partial charge on any atom is 0.339 e. The Kier molecular flexibility index (Phi) is 8.87. The third kappa shape index (κ3) is 6.98. The van der Waals surface area contributed by atoms with Gasteiger partial charge in [0.2, 0.25) is 0 Å². The Morgan fingerprint density at radius 3 is 2.06 bits per heavy atom. The van der Waals surface area contributed by atoms with E-state index < -0.39 is 11.9 Å². The molecule has 0 atom stereocenters. The van der Waals surface area contributed by atoms with Crippen molar-refractivity contribution in [1.29, 1.82) is 0 Å². The number of ether oxygens (including phenoxy) is 3. The van der Waals surface area contributed by atoms with Crippen LogP contribution in [0.4, 0.5) is 0 Å². The third-order valence-electron chi connectivity index (χ3n) is 4.85. The molecule has 0 aromatic heterocycles. The van der Waals surface area contributed by atoms with Crippen molar-refractivity contribution < 1.29 is 23.8 Å². The lowest BCUT2D eigenvalue weighted by Crippen LogP contribution is -2.14. The second kappa shape index (κ2) is 12.3. The number of carbonyl (C=O) groups excluding carboxylic acids is 2. The summed E-state index contributed by atoms with van der Waals surface area (Å²) in [5, 5.41) is 0. The average Bonchev–Trinajstić information content (AvgIpc) is 2.83. The van der Waals surface area contributed by atoms with Gasteiger partial charge in [-0.2, -0.15) is 0 Å². The van der Waals surface area contributed by atoms with Gasteiger partial charge in [-0.05, 0) is 48.4 Å². The minimum Gasteiger partial charge on any atom is -0.462 e. The molecule has 0 aliphatic heterocycles. The molecular formula is C27H28O5. The quantitative estimate of drug-likeness (QED) is 0.253. The molecule has 0 heterocycles. The molecular weight excluding hydrogens is 404 g/mol. The van der Waals surface area contributed by atoms with Crippen molar-refractivity contribution in [2.75, 3.05) is 6.61 Å². The van der Waals surface area contributed by atoms with Gasteiger partial charge in [-0.25, -0.2) is 9.59 Å². The monoisotopic (exact) mass is 432 g/mol. The van der Waals surface area contributed by atoms with Crippen LogP contribution < -0.4 is 4.74 Å². The predicted octanol–water partition coefficient (Wildman–Crippen LogP) is 6.57. The normalized spacial score (nSPS) is 10.4. The first kappa shape index (κ1) is 23.1. The molecule has 0 aliphatic rings. The van der Waals surface area contributed by atoms with E-state index in [0.717, 1.165) is 37.0 Å². The van der Waals surface area contributed by atoms with Gasteiger partial charge in [0.15, 0.2) is 0 Å². The minimum atomic E-state index is -0.571. The first-order valence-corrected chi connectivity index (χ1v) is 10.9. The van der Waals surface area contributed by atoms with Gasteiger partial charge in [0.05, 0.1) is 17.7 Å². The van der Waals surface area contributed by atoms with Gasteiger partial charge in [0, 0.05) is 0 Å². The van der Waals surface area contributed by atoms with E-state index >= 15 is 0 Å². The third-order valence-corrected chi connectivity index (χ3v) is 4.85. The molecule has 3 rings (SSSR count). The molecule has 5 heteroatoms. The van der Waals surface area contributed by atoms with E-state index in [1.165, 1.54) is 0 Å². The molecule has 0 saturated heterocycles. The first-order valence-electron chi connectivity index (χ1n) is 10.9. The number of rotatable bonds is 11. The van der Waals surface area contributed by atoms with Gasteiger partial charge in [0.25, 0.3) is 0 Å². The van der Waals surface area contributed by atoms with E-state index in [-0.39, 0.29) is 17.7 Å². The summed E-state index contributed by atoms with van der Waals surface area (Å²) in [6, 6.07) is 23.3. The molecule has 3 aromatic rings. The highest BCUT2D eigenvalue weighted by molar-refractivity contribution is 6.03. The Morgan fingerprint density at radius 1 is 0.688 bits per heavy atom. The summed E-state index contributed by atoms with van der Waals surface area (Å²) in [5.41, 5.74) is 1.19. The number of unbranched alkanes of at least 4 members (excludes halogenated alkanes) is 3. The van der Waals surface area contributed by atoms with Crippen molar-refractivity contribution in [1.82, 2.24) is 0 Å². The van der Waals surface area contributed by atoms with Crippen LogP contribution in [0.5, 0.6) is 11.5 Å². The molecule has 166 valence electrons. The summed E-state index contributed by atoms with van der Waals surface area (Å²) < 4.78 is 16.6. The van der Waals surface area contributed by atoms with Crippen LogP contribution in [-0.2, 0) is 16.1 Å². The number of benzene rings is 3. The van der Waals surface area contributed by atoms with Crippen molar-refractivity contribution in [3.63, 3.8) is 0 Å². The standard InChI is InChI=1S/C27H28O5/c1-2-3-4-10-18-30-26(28)24-16-8-9-17-25(24)27(29)31-20-21-12-11-15-23(19-21)32-22-13-6-5-7-14-22/h5-9,11-17,19H,2-4,10,18,20H2,1H3. The van der Waals surface area contributed by atoms with Crippen LogP contribution in [0.2, 0.25) is 0 Å². The van der Waals surface area contributed by atoms with Gasteiger partial charge in [-0.1, -0.05) is 68.7 Å². The van der Waals surface area contributed by atoms with E-state index in [9.17, 15) is 9.59 Å². The van der Waals surface area contributed by atoms with Gasteiger partial charge < -0.3 is 14.2 Å². The number of hydrogen-bond donors (Lipinski definition) is 0. The maximum atomic E-state index is 12.7. The molecule has 3 aromatic carbocycles. The van der Waals surface area contributed by atoms with Crippen LogP contribution in [0.1, 0.15) is 58.9 Å². The fourth-order valence-electron chi connectivity index (χ4n) is 3.16. The van der Waals surface area contributed by atoms with E-state index in [1.807, 2.05) is 54.6 Å². The van der Waals surface area contributed by atoms with Gasteiger partial charge in [-0.15, -0.1) is 0 Å². The zero-order chi connectivity index (χ0) is 22.6. The van der Waals surface area contributed by atoms with Crippen LogP contribution in [0.3, 0.4) is 0 Å². The van der Waals surface area contributed by atoms with E-state index in [0.29, 0.717) is 12.4 Å². The average molecular weight is 433 g/mol. The molecule has 0 fully saturated rings. The SMILES string of the molecule is CCCCCCOC(=O)c1ccccc1C(=O)OCc1cccc(Oc2ccccc2)c1. The second-order valence-electron chi connectivity index (χ2n) is 7.38. The zero-order valence-corrected chi connectivity index (χ0v) is 18.3. The van der Waals surface area contributed by atoms with E-state index in [1.54, 1.807) is 24.3 Å². The number of hydrogen-bond acceptors (Lipinski definition) is 5. The van der Waals surface area contributed by atoms with Crippen LogP contribution in [0.15, 0.2) is 78.9 Å². The van der Waals surface area contributed by atoms with Crippen LogP contribution >= 0.6 is 0 Å². The molecule has 0 aliphatic carbocycles. The molecule has 0 unspecified atom stereocenters. The number of para-hydroxylation sites is 1. The fourth-order valence-corrected chi connectivity index (χ4v) is 3.16. The lowest BCUT2D eigenvalue weighted by atomic mass is 10.1. The molecule has 0 spiro atoms. The highest BCUT2D eigenvalue weighted by atomic mass is 16.5. The molecule has 5 nitrogen and oxygen atoms in total. The van der Waals surface area contributed by atoms with Crippen molar-refractivity contribution in [3.8, 4) is 11.5 Å². The fraction of sp³-hybridized carbons (Fsp3) is 0.259. The Bertz CT molecular complexity index is 1010. The summed E-state index contributed by atoms with van der Waals surface area (Å²) in [5.74, 6) is 0.297. The van der Waals surface area contributed by atoms with Crippen molar-refractivity contribution in [2.45, 2.75) is 39.2 Å². The summed E-state index contributed by atoms with van der Waals surface area (Å²) in [4.78, 5) is 25.1. The Labute approximate surface area is 188 Å². The summed E-state index contributed by atoms with van der Waals surface area (Å²) >= 11 is 0. The Morgan fingerprint density at radius 2 is 1.34 bits per heavy atom.